The van der Waals surface area contributed by atoms with E-state index in [1.54, 1.807) is 0 Å². The maximum Gasteiger partial charge on any atom is 0.472 e. The van der Waals surface area contributed by atoms with Crippen molar-refractivity contribution in [2.75, 3.05) is 26.4 Å². The van der Waals surface area contributed by atoms with Crippen LogP contribution in [0.3, 0.4) is 0 Å². The molecule has 81 heavy (non-hydrogen) atoms. The number of esters is 2. The summed E-state index contributed by atoms with van der Waals surface area (Å²) in [6.45, 7) is 3.63. The van der Waals surface area contributed by atoms with Gasteiger partial charge in [-0.05, 0) is 96.3 Å². The van der Waals surface area contributed by atoms with Crippen molar-refractivity contribution in [2.24, 2.45) is 5.73 Å². The van der Waals surface area contributed by atoms with Crippen molar-refractivity contribution in [2.45, 2.75) is 315 Å². The Morgan fingerprint density at radius 3 is 1.02 bits per heavy atom. The number of hydrogen-bond donors (Lipinski definition) is 2. The van der Waals surface area contributed by atoms with E-state index in [1.165, 1.54) is 180 Å². The van der Waals surface area contributed by atoms with E-state index >= 15 is 0 Å². The number of hydrogen-bond acceptors (Lipinski definition) is 8. The van der Waals surface area contributed by atoms with Crippen molar-refractivity contribution in [1.82, 2.24) is 0 Å². The van der Waals surface area contributed by atoms with Gasteiger partial charge in [-0.15, -0.1) is 0 Å². The molecule has 2 unspecified atom stereocenters. The Morgan fingerprint density at radius 1 is 0.383 bits per heavy atom. The Hall–Kier alpha value is -3.07. The predicted molar refractivity (Wildman–Crippen MR) is 348 cm³/mol. The van der Waals surface area contributed by atoms with E-state index in [9.17, 15) is 19.0 Å². The van der Waals surface area contributed by atoms with Crippen LogP contribution in [0.4, 0.5) is 0 Å². The molecule has 0 rings (SSSR count). The van der Waals surface area contributed by atoms with Gasteiger partial charge in [-0.1, -0.05) is 297 Å². The molecule has 0 aromatic rings. The second-order valence-electron chi connectivity index (χ2n) is 22.3. The number of carbonyl (C=O) groups is 2. The zero-order chi connectivity index (χ0) is 58.7. The topological polar surface area (TPSA) is 134 Å². The summed E-state index contributed by atoms with van der Waals surface area (Å²) in [5.41, 5.74) is 5.39. The van der Waals surface area contributed by atoms with Gasteiger partial charge in [0.25, 0.3) is 0 Å². The molecule has 0 saturated heterocycles. The third-order valence-corrected chi connectivity index (χ3v) is 15.4. The molecular weight excluding hydrogens is 1030 g/mol. The first-order valence-corrected chi connectivity index (χ1v) is 35.2. The minimum atomic E-state index is -4.40. The van der Waals surface area contributed by atoms with Crippen LogP contribution in [0.5, 0.6) is 0 Å². The van der Waals surface area contributed by atoms with Gasteiger partial charge in [0.2, 0.25) is 0 Å². The second-order valence-corrected chi connectivity index (χ2v) is 23.8. The van der Waals surface area contributed by atoms with Crippen molar-refractivity contribution >= 4 is 19.8 Å². The average molecular weight is 1150 g/mol. The van der Waals surface area contributed by atoms with Gasteiger partial charge in [0, 0.05) is 19.4 Å². The van der Waals surface area contributed by atoms with Crippen molar-refractivity contribution in [1.29, 1.82) is 0 Å². The molecule has 468 valence electrons. The number of phosphoric acid groups is 1. The van der Waals surface area contributed by atoms with Crippen LogP contribution in [0.25, 0.3) is 0 Å². The summed E-state index contributed by atoms with van der Waals surface area (Å²) in [6, 6.07) is 0. The smallest absolute Gasteiger partial charge is 0.462 e. The molecule has 0 aliphatic heterocycles. The molecule has 0 aliphatic carbocycles. The largest absolute Gasteiger partial charge is 0.472 e. The number of unbranched alkanes of at least 4 members (excludes halogenated alkanes) is 34. The maximum atomic E-state index is 12.7. The minimum Gasteiger partial charge on any atom is -0.462 e. The van der Waals surface area contributed by atoms with Gasteiger partial charge < -0.3 is 20.1 Å². The molecule has 0 heterocycles. The van der Waals surface area contributed by atoms with Gasteiger partial charge >= 0.3 is 19.8 Å². The van der Waals surface area contributed by atoms with E-state index in [4.69, 9.17) is 24.3 Å². The third-order valence-electron chi connectivity index (χ3n) is 14.5. The quantitative estimate of drug-likeness (QED) is 0.0264. The summed E-state index contributed by atoms with van der Waals surface area (Å²) in [6.07, 6.45) is 89.3. The molecule has 0 radical (unpaired) electrons. The van der Waals surface area contributed by atoms with E-state index < -0.39 is 26.5 Å². The monoisotopic (exact) mass is 1150 g/mol. The SMILES string of the molecule is CC/C=C\C/C=C\C/C=C\C/C=C\C/C=C\C/C=C\C/C=C\CCCCCCCC(=O)OC(COC(=O)CCCCCCCCCCCCCCCCCCCCCCC/C=C\CCCCCCCCCC)COP(=O)(O)OCCN. The molecule has 2 atom stereocenters. The lowest BCUT2D eigenvalue weighted by Gasteiger charge is -2.19. The van der Waals surface area contributed by atoms with E-state index in [-0.39, 0.29) is 38.6 Å². The van der Waals surface area contributed by atoms with Gasteiger partial charge in [-0.25, -0.2) is 4.57 Å². The summed E-state index contributed by atoms with van der Waals surface area (Å²) in [5.74, 6) is -0.844. The van der Waals surface area contributed by atoms with Gasteiger partial charge in [0.05, 0.1) is 13.2 Å². The molecule has 3 N–H and O–H groups in total. The minimum absolute atomic E-state index is 0.0462. The zero-order valence-electron chi connectivity index (χ0n) is 52.5. The second kappa shape index (κ2) is 66.1. The summed E-state index contributed by atoms with van der Waals surface area (Å²) in [5, 5.41) is 0. The lowest BCUT2D eigenvalue weighted by molar-refractivity contribution is -0.161. The standard InChI is InChI=1S/C71H126NO8P/c1-3-5-7-9-11-13-15-17-19-21-23-25-27-29-31-32-33-34-35-36-38-39-41-43-45-47-49-51-53-55-57-59-61-63-70(73)77-67-69(68-79-81(75,76)78-66-65-72)80-71(74)64-62-60-58-56-54-52-50-48-46-44-42-40-37-30-28-26-24-22-20-18-16-14-12-10-8-6-4-2/h6,8,12,14,18,20-21,23-24,26,30,37,42,44,48,50,69H,3-5,7,9-11,13,15-17,19,22,25,27-29,31-36,38-41,43,45-47,49,51-68,72H2,1-2H3,(H,75,76)/b8-6-,14-12-,20-18-,23-21-,26-24-,37-30-,44-42-,50-48-. The number of nitrogens with two attached hydrogens (primary N) is 1. The van der Waals surface area contributed by atoms with E-state index in [0.717, 1.165) is 96.3 Å². The van der Waals surface area contributed by atoms with Crippen molar-refractivity contribution in [3.63, 3.8) is 0 Å². The van der Waals surface area contributed by atoms with Crippen LogP contribution in [0.1, 0.15) is 309 Å². The molecule has 0 fully saturated rings. The summed E-state index contributed by atoms with van der Waals surface area (Å²) in [4.78, 5) is 35.3. The zero-order valence-corrected chi connectivity index (χ0v) is 53.4. The summed E-state index contributed by atoms with van der Waals surface area (Å²) in [7, 11) is -4.40. The number of rotatable bonds is 63. The van der Waals surface area contributed by atoms with Crippen LogP contribution < -0.4 is 5.73 Å². The maximum absolute atomic E-state index is 12.7. The fraction of sp³-hybridized carbons (Fsp3) is 0.746. The summed E-state index contributed by atoms with van der Waals surface area (Å²) >= 11 is 0. The fourth-order valence-electron chi connectivity index (χ4n) is 9.50. The molecule has 0 spiro atoms. The first-order valence-electron chi connectivity index (χ1n) is 33.7. The van der Waals surface area contributed by atoms with Crippen molar-refractivity contribution < 1.29 is 37.6 Å². The molecule has 10 heteroatoms. The van der Waals surface area contributed by atoms with Crippen LogP contribution in [0.2, 0.25) is 0 Å². The lowest BCUT2D eigenvalue weighted by atomic mass is 10.0. The van der Waals surface area contributed by atoms with Crippen molar-refractivity contribution in [3.8, 4) is 0 Å². The van der Waals surface area contributed by atoms with Crippen LogP contribution in [0, 0.1) is 0 Å². The highest BCUT2D eigenvalue weighted by molar-refractivity contribution is 7.47. The van der Waals surface area contributed by atoms with Crippen LogP contribution in [-0.2, 0) is 32.7 Å². The van der Waals surface area contributed by atoms with E-state index in [1.807, 2.05) is 0 Å². The average Bonchev–Trinajstić information content (AvgIpc) is 3.46. The van der Waals surface area contributed by atoms with E-state index in [0.29, 0.717) is 6.42 Å². The van der Waals surface area contributed by atoms with Gasteiger partial charge in [-0.3, -0.25) is 18.6 Å². The van der Waals surface area contributed by atoms with Crippen molar-refractivity contribution in [3.05, 3.63) is 97.2 Å². The number of phosphoric ester groups is 1. The molecular formula is C71H126NO8P. The highest BCUT2D eigenvalue weighted by Crippen LogP contribution is 2.43. The van der Waals surface area contributed by atoms with Gasteiger partial charge in [0.15, 0.2) is 6.10 Å². The first-order chi connectivity index (χ1) is 39.8. The molecule has 0 aliphatic rings. The molecule has 0 bridgehead atoms. The highest BCUT2D eigenvalue weighted by atomic mass is 31.2. The molecule has 0 amide bonds. The predicted octanol–water partition coefficient (Wildman–Crippen LogP) is 22.0. The Morgan fingerprint density at radius 2 is 0.679 bits per heavy atom. The van der Waals surface area contributed by atoms with Gasteiger partial charge in [0.1, 0.15) is 6.61 Å². The Balaban J connectivity index is 3.92. The molecule has 0 aromatic heterocycles. The first kappa shape index (κ1) is 77.9. The third kappa shape index (κ3) is 65.9. The summed E-state index contributed by atoms with van der Waals surface area (Å²) < 4.78 is 33.1. The Labute approximate surface area is 499 Å². The fourth-order valence-corrected chi connectivity index (χ4v) is 10.3. The lowest BCUT2D eigenvalue weighted by Crippen LogP contribution is -2.29. The number of allylic oxidation sites excluding steroid dienone is 16. The highest BCUT2D eigenvalue weighted by Gasteiger charge is 2.26. The number of carbonyl (C=O) groups excluding carboxylic acids is 2. The van der Waals surface area contributed by atoms with E-state index in [2.05, 4.69) is 111 Å². The molecule has 0 aromatic carbocycles. The van der Waals surface area contributed by atoms with Crippen LogP contribution in [0.15, 0.2) is 97.2 Å². The Bertz CT molecular complexity index is 1650. The van der Waals surface area contributed by atoms with Crippen LogP contribution >= 0.6 is 7.82 Å². The van der Waals surface area contributed by atoms with Gasteiger partial charge in [-0.2, -0.15) is 0 Å². The van der Waals surface area contributed by atoms with Crippen LogP contribution in [-0.4, -0.2) is 49.3 Å². The molecule has 0 saturated carbocycles. The molecule has 9 nitrogen and oxygen atoms in total. The number of ether oxygens (including phenoxy) is 2. The Kier molecular flexibility index (Phi) is 63.6. The normalized spacial score (nSPS) is 13.6.